The molecular formula is C28H28N2O3. The zero-order chi connectivity index (χ0) is 22.7. The van der Waals surface area contributed by atoms with Crippen molar-refractivity contribution in [3.63, 3.8) is 0 Å². The molecule has 2 bridgehead atoms. The van der Waals surface area contributed by atoms with Gasteiger partial charge in [0, 0.05) is 18.6 Å². The van der Waals surface area contributed by atoms with Gasteiger partial charge < -0.3 is 14.6 Å². The molecule has 0 saturated carbocycles. The topological polar surface area (TPSA) is 65.7 Å². The molecule has 1 N–H and O–H groups in total. The normalized spacial score (nSPS) is 24.7. The number of piperidine rings is 1. The molecule has 0 aromatic heterocycles. The highest BCUT2D eigenvalue weighted by atomic mass is 16.5. The van der Waals surface area contributed by atoms with Gasteiger partial charge in [0.25, 0.3) is 0 Å². The highest BCUT2D eigenvalue weighted by molar-refractivity contribution is 5.47. The minimum atomic E-state index is -0.981. The number of ether oxygens (including phenoxy) is 2. The Balaban J connectivity index is 1.37. The summed E-state index contributed by atoms with van der Waals surface area (Å²) in [5.74, 6) is 0.514. The first-order valence-corrected chi connectivity index (χ1v) is 11.5. The van der Waals surface area contributed by atoms with E-state index in [2.05, 4.69) is 35.2 Å². The largest absolute Gasteiger partial charge is 0.488 e. The summed E-state index contributed by atoms with van der Waals surface area (Å²) < 4.78 is 11.9. The Bertz CT molecular complexity index is 1110. The van der Waals surface area contributed by atoms with Crippen LogP contribution in [0.1, 0.15) is 35.1 Å². The van der Waals surface area contributed by atoms with Gasteiger partial charge >= 0.3 is 0 Å². The average molecular weight is 441 g/mol. The van der Waals surface area contributed by atoms with Gasteiger partial charge in [0.2, 0.25) is 0 Å². The molecule has 0 amide bonds. The van der Waals surface area contributed by atoms with Crippen molar-refractivity contribution in [1.29, 1.82) is 5.26 Å². The van der Waals surface area contributed by atoms with Crippen LogP contribution in [0.3, 0.4) is 0 Å². The molecule has 0 aliphatic carbocycles. The quantitative estimate of drug-likeness (QED) is 0.616. The summed E-state index contributed by atoms with van der Waals surface area (Å²) in [6.07, 6.45) is 1.17. The van der Waals surface area contributed by atoms with Crippen LogP contribution in [0, 0.1) is 11.3 Å². The highest BCUT2D eigenvalue weighted by Gasteiger charge is 2.47. The number of aliphatic hydroxyl groups is 1. The van der Waals surface area contributed by atoms with Gasteiger partial charge in [-0.05, 0) is 41.7 Å². The standard InChI is InChI=1S/C28H28N2O3/c29-16-23-11-12-24(13-27(23)33-18-22-9-5-2-6-10-22)28(31)14-25-19-32-20-26(15-28)30(25)17-21-7-3-1-4-8-21/h1-13,25-26,31H,14-15,17-20H2. The monoisotopic (exact) mass is 440 g/mol. The summed E-state index contributed by atoms with van der Waals surface area (Å²) in [5, 5.41) is 21.4. The average Bonchev–Trinajstić information content (AvgIpc) is 2.84. The first-order valence-electron chi connectivity index (χ1n) is 11.5. The van der Waals surface area contributed by atoms with Crippen molar-refractivity contribution in [3.8, 4) is 11.8 Å². The van der Waals surface area contributed by atoms with Crippen molar-refractivity contribution in [2.24, 2.45) is 0 Å². The number of nitriles is 1. The van der Waals surface area contributed by atoms with Gasteiger partial charge in [0.05, 0.1) is 24.4 Å². The van der Waals surface area contributed by atoms with E-state index in [0.29, 0.717) is 44.0 Å². The summed E-state index contributed by atoms with van der Waals surface area (Å²) in [5.41, 5.74) is 2.61. The van der Waals surface area contributed by atoms with E-state index < -0.39 is 5.60 Å². The maximum atomic E-state index is 11.8. The van der Waals surface area contributed by atoms with Crippen molar-refractivity contribution in [3.05, 3.63) is 101 Å². The summed E-state index contributed by atoms with van der Waals surface area (Å²) in [4.78, 5) is 2.48. The molecule has 2 fully saturated rings. The van der Waals surface area contributed by atoms with Crippen molar-refractivity contribution in [2.45, 2.75) is 43.7 Å². The fourth-order valence-corrected chi connectivity index (χ4v) is 5.09. The molecular weight excluding hydrogens is 412 g/mol. The first-order chi connectivity index (χ1) is 16.1. The molecule has 2 saturated heterocycles. The molecule has 3 aromatic rings. The molecule has 2 aliphatic heterocycles. The number of hydrogen-bond acceptors (Lipinski definition) is 5. The molecule has 0 radical (unpaired) electrons. The lowest BCUT2D eigenvalue weighted by Crippen LogP contribution is -2.60. The second-order valence-electron chi connectivity index (χ2n) is 9.04. The summed E-state index contributed by atoms with van der Waals surface area (Å²) in [6, 6.07) is 28.3. The van der Waals surface area contributed by atoms with E-state index in [1.165, 1.54) is 5.56 Å². The van der Waals surface area contributed by atoms with Gasteiger partial charge in [0.15, 0.2) is 0 Å². The van der Waals surface area contributed by atoms with Gasteiger partial charge in [-0.15, -0.1) is 0 Å². The smallest absolute Gasteiger partial charge is 0.137 e. The lowest BCUT2D eigenvalue weighted by molar-refractivity contribution is -0.149. The molecule has 33 heavy (non-hydrogen) atoms. The molecule has 168 valence electrons. The lowest BCUT2D eigenvalue weighted by atomic mass is 9.76. The van der Waals surface area contributed by atoms with Crippen LogP contribution in [-0.2, 0) is 23.5 Å². The van der Waals surface area contributed by atoms with E-state index in [1.807, 2.05) is 48.5 Å². The van der Waals surface area contributed by atoms with Gasteiger partial charge in [-0.3, -0.25) is 4.90 Å². The number of morpholine rings is 1. The van der Waals surface area contributed by atoms with Gasteiger partial charge in [-0.2, -0.15) is 5.26 Å². The number of hydrogen-bond donors (Lipinski definition) is 1. The third kappa shape index (κ3) is 4.65. The lowest BCUT2D eigenvalue weighted by Gasteiger charge is -2.52. The fourth-order valence-electron chi connectivity index (χ4n) is 5.09. The third-order valence-corrected chi connectivity index (χ3v) is 6.79. The summed E-state index contributed by atoms with van der Waals surface area (Å²) in [6.45, 7) is 2.45. The third-order valence-electron chi connectivity index (χ3n) is 6.79. The maximum Gasteiger partial charge on any atom is 0.137 e. The van der Waals surface area contributed by atoms with Gasteiger partial charge in [0.1, 0.15) is 18.4 Å². The number of nitrogens with zero attached hydrogens (tertiary/aromatic N) is 2. The molecule has 0 spiro atoms. The molecule has 2 aliphatic rings. The fraction of sp³-hybridized carbons (Fsp3) is 0.321. The second kappa shape index (κ2) is 9.36. The Morgan fingerprint density at radius 3 is 2.21 bits per heavy atom. The second-order valence-corrected chi connectivity index (χ2v) is 9.04. The van der Waals surface area contributed by atoms with Crippen LogP contribution < -0.4 is 4.74 Å². The van der Waals surface area contributed by atoms with Crippen LogP contribution in [0.15, 0.2) is 78.9 Å². The Labute approximate surface area is 194 Å². The number of fused-ring (bicyclic) bond motifs is 2. The zero-order valence-electron chi connectivity index (χ0n) is 18.6. The Morgan fingerprint density at radius 1 is 0.939 bits per heavy atom. The number of benzene rings is 3. The van der Waals surface area contributed by atoms with Crippen molar-refractivity contribution in [2.75, 3.05) is 13.2 Å². The van der Waals surface area contributed by atoms with E-state index in [9.17, 15) is 10.4 Å². The van der Waals surface area contributed by atoms with E-state index in [0.717, 1.165) is 17.7 Å². The van der Waals surface area contributed by atoms with Crippen LogP contribution >= 0.6 is 0 Å². The Morgan fingerprint density at radius 2 is 1.58 bits per heavy atom. The van der Waals surface area contributed by atoms with E-state index in [1.54, 1.807) is 6.07 Å². The SMILES string of the molecule is N#Cc1ccc(C2(O)CC3COCC(C2)N3Cc2ccccc2)cc1OCc1ccccc1. The summed E-state index contributed by atoms with van der Waals surface area (Å²) >= 11 is 0. The van der Waals surface area contributed by atoms with Crippen molar-refractivity contribution >= 4 is 0 Å². The highest BCUT2D eigenvalue weighted by Crippen LogP contribution is 2.42. The molecule has 5 rings (SSSR count). The number of rotatable bonds is 6. The van der Waals surface area contributed by atoms with Gasteiger partial charge in [-0.1, -0.05) is 66.7 Å². The zero-order valence-corrected chi connectivity index (χ0v) is 18.6. The maximum absolute atomic E-state index is 11.8. The van der Waals surface area contributed by atoms with Crippen molar-refractivity contribution in [1.82, 2.24) is 4.90 Å². The van der Waals surface area contributed by atoms with Crippen LogP contribution in [0.4, 0.5) is 0 Å². The molecule has 3 aromatic carbocycles. The van der Waals surface area contributed by atoms with Crippen molar-refractivity contribution < 1.29 is 14.6 Å². The predicted octanol–water partition coefficient (Wildman–Crippen LogP) is 4.39. The molecule has 5 nitrogen and oxygen atoms in total. The van der Waals surface area contributed by atoms with Crippen LogP contribution in [0.25, 0.3) is 0 Å². The van der Waals surface area contributed by atoms with Crippen LogP contribution in [0.5, 0.6) is 5.75 Å². The molecule has 2 atom stereocenters. The van der Waals surface area contributed by atoms with Gasteiger partial charge in [-0.25, -0.2) is 0 Å². The molecule has 5 heteroatoms. The molecule has 2 heterocycles. The van der Waals surface area contributed by atoms with E-state index in [-0.39, 0.29) is 12.1 Å². The molecule has 2 unspecified atom stereocenters. The van der Waals surface area contributed by atoms with E-state index >= 15 is 0 Å². The minimum Gasteiger partial charge on any atom is -0.488 e. The van der Waals surface area contributed by atoms with Crippen LogP contribution in [0.2, 0.25) is 0 Å². The Kier molecular flexibility index (Phi) is 6.15. The van der Waals surface area contributed by atoms with Crippen LogP contribution in [-0.4, -0.2) is 35.3 Å². The first kappa shape index (κ1) is 21.7. The minimum absolute atomic E-state index is 0.132. The van der Waals surface area contributed by atoms with E-state index in [4.69, 9.17) is 9.47 Å². The predicted molar refractivity (Wildman–Crippen MR) is 125 cm³/mol. The Hall–Kier alpha value is -3.17. The summed E-state index contributed by atoms with van der Waals surface area (Å²) in [7, 11) is 0.